The molecule has 2 rings (SSSR count). The first kappa shape index (κ1) is 15.6. The second-order valence-corrected chi connectivity index (χ2v) is 5.63. The SMILES string of the molecule is COc1ccc(CNC2CC2)cc1OC(C)C(=O)N(C)C. The van der Waals surface area contributed by atoms with E-state index in [4.69, 9.17) is 9.47 Å². The molecule has 1 aliphatic rings. The molecule has 21 heavy (non-hydrogen) atoms. The summed E-state index contributed by atoms with van der Waals surface area (Å²) in [6.45, 7) is 2.55. The van der Waals surface area contributed by atoms with Gasteiger partial charge in [0.15, 0.2) is 17.6 Å². The summed E-state index contributed by atoms with van der Waals surface area (Å²) in [5.74, 6) is 1.18. The number of carbonyl (C=O) groups excluding carboxylic acids is 1. The van der Waals surface area contributed by atoms with Gasteiger partial charge in [0.05, 0.1) is 7.11 Å². The first-order chi connectivity index (χ1) is 10.0. The maximum atomic E-state index is 11.9. The fourth-order valence-corrected chi connectivity index (χ4v) is 2.08. The topological polar surface area (TPSA) is 50.8 Å². The molecule has 5 heteroatoms. The first-order valence-corrected chi connectivity index (χ1v) is 7.29. The van der Waals surface area contributed by atoms with Crippen molar-refractivity contribution >= 4 is 5.91 Å². The van der Waals surface area contributed by atoms with E-state index in [0.717, 1.165) is 12.1 Å². The summed E-state index contributed by atoms with van der Waals surface area (Å²) < 4.78 is 11.1. The monoisotopic (exact) mass is 292 g/mol. The third-order valence-electron chi connectivity index (χ3n) is 3.49. The van der Waals surface area contributed by atoms with Crippen molar-refractivity contribution in [2.75, 3.05) is 21.2 Å². The lowest BCUT2D eigenvalue weighted by Gasteiger charge is -2.20. The predicted octanol–water partition coefficient (Wildman–Crippen LogP) is 1.80. The number of ether oxygens (including phenoxy) is 2. The van der Waals surface area contributed by atoms with Gasteiger partial charge in [-0.3, -0.25) is 4.79 Å². The van der Waals surface area contributed by atoms with Crippen molar-refractivity contribution in [2.45, 2.75) is 38.5 Å². The highest BCUT2D eigenvalue weighted by Crippen LogP contribution is 2.29. The molecule has 0 spiro atoms. The smallest absolute Gasteiger partial charge is 0.262 e. The highest BCUT2D eigenvalue weighted by Gasteiger charge is 2.21. The minimum absolute atomic E-state index is 0.0708. The largest absolute Gasteiger partial charge is 0.493 e. The fraction of sp³-hybridized carbons (Fsp3) is 0.562. The molecule has 0 bridgehead atoms. The number of benzene rings is 1. The van der Waals surface area contributed by atoms with Crippen molar-refractivity contribution in [3.05, 3.63) is 23.8 Å². The molecule has 1 aromatic rings. The summed E-state index contributed by atoms with van der Waals surface area (Å²) in [7, 11) is 5.04. The van der Waals surface area contributed by atoms with Gasteiger partial charge in [-0.2, -0.15) is 0 Å². The molecular weight excluding hydrogens is 268 g/mol. The number of carbonyl (C=O) groups is 1. The molecule has 0 heterocycles. The number of nitrogens with one attached hydrogen (secondary N) is 1. The number of rotatable bonds is 7. The van der Waals surface area contributed by atoms with Crippen LogP contribution >= 0.6 is 0 Å². The maximum Gasteiger partial charge on any atom is 0.262 e. The third-order valence-corrected chi connectivity index (χ3v) is 3.49. The van der Waals surface area contributed by atoms with Gasteiger partial charge in [0, 0.05) is 26.7 Å². The van der Waals surface area contributed by atoms with Crippen LogP contribution in [0.2, 0.25) is 0 Å². The van der Waals surface area contributed by atoms with Gasteiger partial charge in [-0.1, -0.05) is 6.07 Å². The molecular formula is C16H24N2O3. The van der Waals surface area contributed by atoms with E-state index in [1.807, 2.05) is 18.2 Å². The van der Waals surface area contributed by atoms with Crippen LogP contribution in [-0.2, 0) is 11.3 Å². The van der Waals surface area contributed by atoms with Crippen molar-refractivity contribution in [3.63, 3.8) is 0 Å². The molecule has 0 aliphatic heterocycles. The third kappa shape index (κ3) is 4.36. The van der Waals surface area contributed by atoms with E-state index in [1.54, 1.807) is 28.1 Å². The first-order valence-electron chi connectivity index (χ1n) is 7.29. The molecule has 1 aromatic carbocycles. The average molecular weight is 292 g/mol. The van der Waals surface area contributed by atoms with Crippen LogP contribution in [0.5, 0.6) is 11.5 Å². The summed E-state index contributed by atoms with van der Waals surface area (Å²) in [6.07, 6.45) is 1.97. The van der Waals surface area contributed by atoms with Gasteiger partial charge in [0.2, 0.25) is 0 Å². The van der Waals surface area contributed by atoms with E-state index in [0.29, 0.717) is 17.5 Å². The van der Waals surface area contributed by atoms with Crippen LogP contribution in [0, 0.1) is 0 Å². The summed E-state index contributed by atoms with van der Waals surface area (Å²) in [4.78, 5) is 13.4. The molecule has 1 aliphatic carbocycles. The Balaban J connectivity index is 2.07. The Kier molecular flexibility index (Phi) is 5.07. The molecule has 1 amide bonds. The predicted molar refractivity (Wildman–Crippen MR) is 81.6 cm³/mol. The van der Waals surface area contributed by atoms with Gasteiger partial charge in [-0.05, 0) is 37.5 Å². The van der Waals surface area contributed by atoms with Crippen LogP contribution in [0.3, 0.4) is 0 Å². The van der Waals surface area contributed by atoms with E-state index in [1.165, 1.54) is 17.7 Å². The lowest BCUT2D eigenvalue weighted by atomic mass is 10.2. The Labute approximate surface area is 126 Å². The Hall–Kier alpha value is -1.75. The van der Waals surface area contributed by atoms with Crippen molar-refractivity contribution in [1.82, 2.24) is 10.2 Å². The van der Waals surface area contributed by atoms with Crippen molar-refractivity contribution in [3.8, 4) is 11.5 Å². The Morgan fingerprint density at radius 3 is 2.67 bits per heavy atom. The summed E-state index contributed by atoms with van der Waals surface area (Å²) in [5, 5.41) is 3.46. The minimum atomic E-state index is -0.541. The molecule has 0 aromatic heterocycles. The van der Waals surface area contributed by atoms with Gasteiger partial charge in [0.25, 0.3) is 5.91 Å². The quantitative estimate of drug-likeness (QED) is 0.832. The Morgan fingerprint density at radius 2 is 2.10 bits per heavy atom. The normalized spacial score (nSPS) is 15.4. The van der Waals surface area contributed by atoms with Gasteiger partial charge < -0.3 is 19.7 Å². The standard InChI is InChI=1S/C16H24N2O3/c1-11(16(19)18(2)3)21-15-9-12(5-8-14(15)20-4)10-17-13-6-7-13/h5,8-9,11,13,17H,6-7,10H2,1-4H3. The number of amides is 1. The van der Waals surface area contributed by atoms with Gasteiger partial charge in [0.1, 0.15) is 0 Å². The van der Waals surface area contributed by atoms with Crippen LogP contribution in [0.4, 0.5) is 0 Å². The van der Waals surface area contributed by atoms with Crippen molar-refractivity contribution in [2.24, 2.45) is 0 Å². The van der Waals surface area contributed by atoms with Gasteiger partial charge >= 0.3 is 0 Å². The second kappa shape index (κ2) is 6.80. The molecule has 1 atom stereocenters. The summed E-state index contributed by atoms with van der Waals surface area (Å²) in [5.41, 5.74) is 1.13. The van der Waals surface area contributed by atoms with Crippen molar-refractivity contribution in [1.29, 1.82) is 0 Å². The number of hydrogen-bond donors (Lipinski definition) is 1. The van der Waals surface area contributed by atoms with Crippen molar-refractivity contribution < 1.29 is 14.3 Å². The van der Waals surface area contributed by atoms with Crippen LogP contribution in [0.1, 0.15) is 25.3 Å². The van der Waals surface area contributed by atoms with Gasteiger partial charge in [-0.15, -0.1) is 0 Å². The highest BCUT2D eigenvalue weighted by molar-refractivity contribution is 5.80. The zero-order chi connectivity index (χ0) is 15.4. The van der Waals surface area contributed by atoms with Crippen LogP contribution in [-0.4, -0.2) is 44.2 Å². The molecule has 1 unspecified atom stereocenters. The van der Waals surface area contributed by atoms with E-state index >= 15 is 0 Å². The molecule has 1 fully saturated rings. The van der Waals surface area contributed by atoms with E-state index in [2.05, 4.69) is 5.32 Å². The summed E-state index contributed by atoms with van der Waals surface area (Å²) in [6, 6.07) is 6.49. The zero-order valence-electron chi connectivity index (χ0n) is 13.2. The molecule has 116 valence electrons. The second-order valence-electron chi connectivity index (χ2n) is 5.63. The van der Waals surface area contributed by atoms with Crippen LogP contribution in [0.25, 0.3) is 0 Å². The molecule has 1 saturated carbocycles. The lowest BCUT2D eigenvalue weighted by Crippen LogP contribution is -2.35. The molecule has 1 N–H and O–H groups in total. The number of methoxy groups -OCH3 is 1. The minimum Gasteiger partial charge on any atom is -0.493 e. The van der Waals surface area contributed by atoms with Crippen LogP contribution in [0.15, 0.2) is 18.2 Å². The highest BCUT2D eigenvalue weighted by atomic mass is 16.5. The Bertz CT molecular complexity index is 498. The average Bonchev–Trinajstić information content (AvgIpc) is 3.28. The number of nitrogens with zero attached hydrogens (tertiary/aromatic N) is 1. The lowest BCUT2D eigenvalue weighted by molar-refractivity contribution is -0.135. The van der Waals surface area contributed by atoms with Crippen LogP contribution < -0.4 is 14.8 Å². The molecule has 0 saturated heterocycles. The van der Waals surface area contributed by atoms with E-state index < -0.39 is 6.10 Å². The Morgan fingerprint density at radius 1 is 1.38 bits per heavy atom. The van der Waals surface area contributed by atoms with E-state index in [-0.39, 0.29) is 5.91 Å². The molecule has 0 radical (unpaired) electrons. The van der Waals surface area contributed by atoms with E-state index in [9.17, 15) is 4.79 Å². The van der Waals surface area contributed by atoms with Gasteiger partial charge in [-0.25, -0.2) is 0 Å². The number of hydrogen-bond acceptors (Lipinski definition) is 4. The molecule has 5 nitrogen and oxygen atoms in total. The number of likely N-dealkylation sites (N-methyl/N-ethyl adjacent to an activating group) is 1. The fourth-order valence-electron chi connectivity index (χ4n) is 2.08. The summed E-state index contributed by atoms with van der Waals surface area (Å²) >= 11 is 0. The zero-order valence-corrected chi connectivity index (χ0v) is 13.2. The maximum absolute atomic E-state index is 11.9.